The largest absolute Gasteiger partial charge is 0.330 e. The topological polar surface area (TPSA) is 72.2 Å². The number of rotatable bonds is 6. The van der Waals surface area contributed by atoms with E-state index in [1.807, 2.05) is 12.1 Å². The Bertz CT molecular complexity index is 505. The molecule has 5 heteroatoms. The lowest BCUT2D eigenvalue weighted by atomic mass is 9.96. The van der Waals surface area contributed by atoms with Crippen LogP contribution in [-0.2, 0) is 16.4 Å². The molecule has 0 spiro atoms. The number of benzene rings is 1. The molecule has 0 atom stereocenters. The van der Waals surface area contributed by atoms with Crippen molar-refractivity contribution in [1.29, 1.82) is 0 Å². The maximum Gasteiger partial charge on any atom is 0.240 e. The number of hydrogen-bond donors (Lipinski definition) is 2. The van der Waals surface area contributed by atoms with Crippen molar-refractivity contribution in [2.24, 2.45) is 5.73 Å². The van der Waals surface area contributed by atoms with Crippen LogP contribution in [0.3, 0.4) is 0 Å². The summed E-state index contributed by atoms with van der Waals surface area (Å²) in [4.78, 5) is 0.361. The smallest absolute Gasteiger partial charge is 0.240 e. The van der Waals surface area contributed by atoms with Gasteiger partial charge in [0.1, 0.15) is 0 Å². The summed E-state index contributed by atoms with van der Waals surface area (Å²) >= 11 is 0. The van der Waals surface area contributed by atoms with Crippen LogP contribution < -0.4 is 10.5 Å². The van der Waals surface area contributed by atoms with Gasteiger partial charge in [-0.3, -0.25) is 0 Å². The molecular formula is C15H24N2O2S. The number of nitrogens with one attached hydrogen (secondary N) is 1. The van der Waals surface area contributed by atoms with Crippen LogP contribution in [0.4, 0.5) is 0 Å². The van der Waals surface area contributed by atoms with Gasteiger partial charge in [-0.1, -0.05) is 31.4 Å². The highest BCUT2D eigenvalue weighted by atomic mass is 32.2. The molecule has 0 radical (unpaired) electrons. The van der Waals surface area contributed by atoms with Crippen molar-refractivity contribution in [3.05, 3.63) is 29.8 Å². The van der Waals surface area contributed by atoms with Crippen LogP contribution in [0.2, 0.25) is 0 Å². The lowest BCUT2D eigenvalue weighted by molar-refractivity contribution is 0.412. The molecule has 0 saturated heterocycles. The lowest BCUT2D eigenvalue weighted by Gasteiger charge is -2.22. The van der Waals surface area contributed by atoms with Gasteiger partial charge in [-0.05, 0) is 49.9 Å². The maximum absolute atomic E-state index is 12.3. The fraction of sp³-hybridized carbons (Fsp3) is 0.600. The second-order valence-electron chi connectivity index (χ2n) is 5.49. The van der Waals surface area contributed by atoms with Crippen molar-refractivity contribution in [1.82, 2.24) is 4.72 Å². The molecule has 3 N–H and O–H groups in total. The zero-order valence-electron chi connectivity index (χ0n) is 11.8. The van der Waals surface area contributed by atoms with Crippen molar-refractivity contribution in [3.63, 3.8) is 0 Å². The molecule has 0 aliphatic heterocycles. The minimum absolute atomic E-state index is 0.102. The molecule has 20 heavy (non-hydrogen) atoms. The molecule has 0 bridgehead atoms. The normalized spacial score (nSPS) is 17.2. The third kappa shape index (κ3) is 4.30. The van der Waals surface area contributed by atoms with E-state index in [2.05, 4.69) is 4.72 Å². The first kappa shape index (κ1) is 15.5. The molecule has 4 nitrogen and oxygen atoms in total. The standard InChI is InChI=1S/C15H24N2O2S/c16-12-4-5-13-8-10-15(11-9-13)20(18,19)17-14-6-2-1-3-7-14/h8-11,14,17H,1-7,12,16H2. The Labute approximate surface area is 121 Å². The van der Waals surface area contributed by atoms with Crippen molar-refractivity contribution >= 4 is 10.0 Å². The summed E-state index contributed by atoms with van der Waals surface area (Å²) in [7, 11) is -3.37. The predicted octanol–water partition coefficient (Wildman–Crippen LogP) is 2.19. The van der Waals surface area contributed by atoms with Gasteiger partial charge in [0.25, 0.3) is 0 Å². The summed E-state index contributed by atoms with van der Waals surface area (Å²) in [6, 6.07) is 7.25. The fourth-order valence-corrected chi connectivity index (χ4v) is 3.95. The zero-order valence-corrected chi connectivity index (χ0v) is 12.7. The Balaban J connectivity index is 2.01. The van der Waals surface area contributed by atoms with Gasteiger partial charge >= 0.3 is 0 Å². The highest BCUT2D eigenvalue weighted by molar-refractivity contribution is 7.89. The van der Waals surface area contributed by atoms with Gasteiger partial charge in [0.15, 0.2) is 0 Å². The SMILES string of the molecule is NCCCc1ccc(S(=O)(=O)NC2CCCCC2)cc1. The first-order valence-electron chi connectivity index (χ1n) is 7.43. The van der Waals surface area contributed by atoms with E-state index in [1.165, 1.54) is 6.42 Å². The Kier molecular flexibility index (Phi) is 5.57. The highest BCUT2D eigenvalue weighted by Gasteiger charge is 2.21. The number of nitrogens with two attached hydrogens (primary N) is 1. The van der Waals surface area contributed by atoms with Crippen molar-refractivity contribution in [2.75, 3.05) is 6.54 Å². The minimum atomic E-state index is -3.37. The van der Waals surface area contributed by atoms with Crippen LogP contribution in [0.1, 0.15) is 44.1 Å². The molecule has 1 fully saturated rings. The summed E-state index contributed by atoms with van der Waals surface area (Å²) in [6.45, 7) is 0.656. The van der Waals surface area contributed by atoms with E-state index in [-0.39, 0.29) is 6.04 Å². The van der Waals surface area contributed by atoms with Crippen LogP contribution in [-0.4, -0.2) is 21.0 Å². The van der Waals surface area contributed by atoms with E-state index >= 15 is 0 Å². The van der Waals surface area contributed by atoms with E-state index in [9.17, 15) is 8.42 Å². The van der Waals surface area contributed by atoms with Crippen LogP contribution in [0, 0.1) is 0 Å². The first-order chi connectivity index (χ1) is 9.62. The molecular weight excluding hydrogens is 272 g/mol. The summed E-state index contributed by atoms with van der Waals surface area (Å²) in [6.07, 6.45) is 7.17. The summed E-state index contributed by atoms with van der Waals surface area (Å²) in [5, 5.41) is 0. The lowest BCUT2D eigenvalue weighted by Crippen LogP contribution is -2.36. The zero-order chi connectivity index (χ0) is 14.4. The van der Waals surface area contributed by atoms with Crippen LogP contribution in [0.25, 0.3) is 0 Å². The Morgan fingerprint density at radius 1 is 1.10 bits per heavy atom. The Morgan fingerprint density at radius 2 is 1.75 bits per heavy atom. The molecule has 1 aliphatic rings. The van der Waals surface area contributed by atoms with E-state index < -0.39 is 10.0 Å². The molecule has 0 heterocycles. The van der Waals surface area contributed by atoms with Crippen LogP contribution in [0.15, 0.2) is 29.2 Å². The average Bonchev–Trinajstić information content (AvgIpc) is 2.46. The number of sulfonamides is 1. The molecule has 0 unspecified atom stereocenters. The molecule has 1 aromatic rings. The molecule has 2 rings (SSSR count). The minimum Gasteiger partial charge on any atom is -0.330 e. The molecule has 0 aromatic heterocycles. The van der Waals surface area contributed by atoms with E-state index in [0.717, 1.165) is 44.1 Å². The van der Waals surface area contributed by atoms with Gasteiger partial charge in [-0.25, -0.2) is 13.1 Å². The second kappa shape index (κ2) is 7.20. The van der Waals surface area contributed by atoms with Gasteiger partial charge in [0.2, 0.25) is 10.0 Å². The number of hydrogen-bond acceptors (Lipinski definition) is 3. The quantitative estimate of drug-likeness (QED) is 0.845. The van der Waals surface area contributed by atoms with Crippen molar-refractivity contribution in [3.8, 4) is 0 Å². The van der Waals surface area contributed by atoms with Crippen LogP contribution >= 0.6 is 0 Å². The van der Waals surface area contributed by atoms with E-state index in [1.54, 1.807) is 12.1 Å². The molecule has 0 amide bonds. The number of aryl methyl sites for hydroxylation is 1. The van der Waals surface area contributed by atoms with Gasteiger partial charge in [0, 0.05) is 6.04 Å². The third-order valence-corrected chi connectivity index (χ3v) is 5.37. The predicted molar refractivity (Wildman–Crippen MR) is 81.0 cm³/mol. The van der Waals surface area contributed by atoms with Crippen molar-refractivity contribution in [2.45, 2.75) is 55.9 Å². The molecule has 1 saturated carbocycles. The van der Waals surface area contributed by atoms with E-state index in [0.29, 0.717) is 11.4 Å². The van der Waals surface area contributed by atoms with Crippen LogP contribution in [0.5, 0.6) is 0 Å². The summed E-state index contributed by atoms with van der Waals surface area (Å²) in [5.41, 5.74) is 6.61. The summed E-state index contributed by atoms with van der Waals surface area (Å²) in [5.74, 6) is 0. The molecule has 1 aliphatic carbocycles. The van der Waals surface area contributed by atoms with Crippen molar-refractivity contribution < 1.29 is 8.42 Å². The Morgan fingerprint density at radius 3 is 2.35 bits per heavy atom. The van der Waals surface area contributed by atoms with Gasteiger partial charge in [-0.2, -0.15) is 0 Å². The maximum atomic E-state index is 12.3. The first-order valence-corrected chi connectivity index (χ1v) is 8.91. The van der Waals surface area contributed by atoms with Gasteiger partial charge in [-0.15, -0.1) is 0 Å². The molecule has 112 valence electrons. The van der Waals surface area contributed by atoms with Gasteiger partial charge in [0.05, 0.1) is 4.90 Å². The van der Waals surface area contributed by atoms with Gasteiger partial charge < -0.3 is 5.73 Å². The summed E-state index contributed by atoms with van der Waals surface area (Å²) < 4.78 is 27.4. The average molecular weight is 296 g/mol. The highest BCUT2D eigenvalue weighted by Crippen LogP contribution is 2.20. The van der Waals surface area contributed by atoms with E-state index in [4.69, 9.17) is 5.73 Å². The second-order valence-corrected chi connectivity index (χ2v) is 7.21. The Hall–Kier alpha value is -0.910. The fourth-order valence-electron chi connectivity index (χ4n) is 2.65. The third-order valence-electron chi connectivity index (χ3n) is 3.83. The monoisotopic (exact) mass is 296 g/mol. The molecule has 1 aromatic carbocycles.